The molecule has 2 amide bonds. The second-order valence-corrected chi connectivity index (χ2v) is 9.46. The molecule has 2 N–H and O–H groups in total. The van der Waals surface area contributed by atoms with Crippen molar-refractivity contribution in [2.75, 3.05) is 10.6 Å². The number of alkyl halides is 3. The molecule has 8 heteroatoms. The van der Waals surface area contributed by atoms with Gasteiger partial charge in [-0.25, -0.2) is 0 Å². The number of hydrogen-bond acceptors (Lipinski definition) is 3. The quantitative estimate of drug-likeness (QED) is 0.245. The van der Waals surface area contributed by atoms with Crippen LogP contribution in [-0.2, 0) is 11.0 Å². The van der Waals surface area contributed by atoms with Crippen molar-refractivity contribution in [1.29, 1.82) is 0 Å². The summed E-state index contributed by atoms with van der Waals surface area (Å²) in [6, 6.07) is 27.9. The van der Waals surface area contributed by atoms with E-state index in [4.69, 9.17) is 0 Å². The molecular weight excluding hydrogens is 497 g/mol. The van der Waals surface area contributed by atoms with Crippen LogP contribution < -0.4 is 10.6 Å². The first-order chi connectivity index (χ1) is 17.7. The molecule has 4 rings (SSSR count). The number of carbonyl (C=O) groups is 2. The fraction of sp³-hybridized carbons (Fsp3) is 0.103. The molecule has 0 spiro atoms. The number of amides is 2. The van der Waals surface area contributed by atoms with Crippen LogP contribution in [0.15, 0.2) is 108 Å². The summed E-state index contributed by atoms with van der Waals surface area (Å²) < 4.78 is 40.3. The van der Waals surface area contributed by atoms with Crippen LogP contribution in [0.2, 0.25) is 0 Å². The molecule has 0 fully saturated rings. The maximum Gasteiger partial charge on any atom is 0.418 e. The lowest BCUT2D eigenvalue weighted by Gasteiger charge is -2.19. The highest BCUT2D eigenvalue weighted by Gasteiger charge is 2.34. The van der Waals surface area contributed by atoms with Crippen molar-refractivity contribution in [1.82, 2.24) is 0 Å². The van der Waals surface area contributed by atoms with Gasteiger partial charge in [0.2, 0.25) is 5.91 Å². The first-order valence-corrected chi connectivity index (χ1v) is 12.3. The van der Waals surface area contributed by atoms with E-state index in [0.29, 0.717) is 21.7 Å². The Bertz CT molecular complexity index is 1370. The van der Waals surface area contributed by atoms with Crippen LogP contribution in [0.25, 0.3) is 0 Å². The molecule has 188 valence electrons. The molecule has 0 heterocycles. The lowest BCUT2D eigenvalue weighted by atomic mass is 10.1. The minimum atomic E-state index is -4.60. The van der Waals surface area contributed by atoms with Crippen LogP contribution in [0, 0.1) is 6.92 Å². The van der Waals surface area contributed by atoms with E-state index in [-0.39, 0.29) is 11.6 Å². The first-order valence-electron chi connectivity index (χ1n) is 11.4. The molecule has 0 aliphatic heterocycles. The van der Waals surface area contributed by atoms with Crippen molar-refractivity contribution >= 4 is 35.0 Å². The van der Waals surface area contributed by atoms with Gasteiger partial charge in [0.05, 0.1) is 11.3 Å². The molecule has 4 aromatic carbocycles. The summed E-state index contributed by atoms with van der Waals surface area (Å²) in [5.41, 5.74) is 1.60. The third-order valence-electron chi connectivity index (χ3n) is 5.51. The van der Waals surface area contributed by atoms with E-state index in [2.05, 4.69) is 10.6 Å². The molecule has 1 atom stereocenters. The van der Waals surface area contributed by atoms with E-state index in [1.54, 1.807) is 66.7 Å². The highest BCUT2D eigenvalue weighted by Crippen LogP contribution is 2.39. The smallest absolute Gasteiger partial charge is 0.324 e. The molecule has 4 nitrogen and oxygen atoms in total. The zero-order chi connectivity index (χ0) is 26.4. The number of rotatable bonds is 7. The predicted octanol–water partition coefficient (Wildman–Crippen LogP) is 7.74. The SMILES string of the molecule is Cc1ccc(C(=O)Nc2ccc(SC(C(=O)Nc3ccccc3C(F)(F)F)c3ccccc3)cc2)cc1. The number of halogens is 3. The van der Waals surface area contributed by atoms with Gasteiger partial charge in [-0.1, -0.05) is 60.2 Å². The van der Waals surface area contributed by atoms with E-state index in [1.165, 1.54) is 30.0 Å². The van der Waals surface area contributed by atoms with Gasteiger partial charge < -0.3 is 10.6 Å². The Kier molecular flexibility index (Phi) is 7.98. The molecular formula is C29H23F3N2O2S. The van der Waals surface area contributed by atoms with Gasteiger partial charge in [0.15, 0.2) is 0 Å². The highest BCUT2D eigenvalue weighted by atomic mass is 32.2. The molecule has 0 bridgehead atoms. The molecule has 4 aromatic rings. The summed E-state index contributed by atoms with van der Waals surface area (Å²) in [5, 5.41) is 4.48. The maximum absolute atomic E-state index is 13.4. The summed E-state index contributed by atoms with van der Waals surface area (Å²) in [5.74, 6) is -0.824. The number of benzene rings is 4. The molecule has 1 unspecified atom stereocenters. The number of aryl methyl sites for hydroxylation is 1. The van der Waals surface area contributed by atoms with Crippen LogP contribution in [-0.4, -0.2) is 11.8 Å². The van der Waals surface area contributed by atoms with Gasteiger partial charge in [0.1, 0.15) is 5.25 Å². The molecule has 0 radical (unpaired) electrons. The summed E-state index contributed by atoms with van der Waals surface area (Å²) >= 11 is 1.20. The van der Waals surface area contributed by atoms with E-state index < -0.39 is 22.9 Å². The van der Waals surface area contributed by atoms with Gasteiger partial charge in [0, 0.05) is 16.1 Å². The zero-order valence-corrected chi connectivity index (χ0v) is 20.6. The van der Waals surface area contributed by atoms with Gasteiger partial charge >= 0.3 is 6.18 Å². The molecule has 0 aliphatic rings. The van der Waals surface area contributed by atoms with Gasteiger partial charge in [-0.2, -0.15) is 13.2 Å². The van der Waals surface area contributed by atoms with Crippen molar-refractivity contribution < 1.29 is 22.8 Å². The first kappa shape index (κ1) is 26.0. The Morgan fingerprint density at radius 1 is 0.757 bits per heavy atom. The van der Waals surface area contributed by atoms with Crippen LogP contribution in [0.1, 0.15) is 32.3 Å². The number of para-hydroxylation sites is 1. The Morgan fingerprint density at radius 2 is 1.38 bits per heavy atom. The molecule has 0 saturated heterocycles. The summed E-state index contributed by atoms with van der Waals surface area (Å²) in [6.45, 7) is 1.94. The molecule has 0 saturated carbocycles. The van der Waals surface area contributed by atoms with E-state index in [0.717, 1.165) is 11.6 Å². The van der Waals surface area contributed by atoms with Crippen LogP contribution in [0.4, 0.5) is 24.5 Å². The topological polar surface area (TPSA) is 58.2 Å². The molecule has 0 aliphatic carbocycles. The van der Waals surface area contributed by atoms with Crippen molar-refractivity contribution in [3.05, 3.63) is 125 Å². The van der Waals surface area contributed by atoms with Gasteiger partial charge in [-0.05, 0) is 61.0 Å². The third kappa shape index (κ3) is 6.80. The maximum atomic E-state index is 13.4. The summed E-state index contributed by atoms with van der Waals surface area (Å²) in [6.07, 6.45) is -4.60. The van der Waals surface area contributed by atoms with Crippen molar-refractivity contribution in [3.63, 3.8) is 0 Å². The lowest BCUT2D eigenvalue weighted by molar-refractivity contribution is -0.137. The van der Waals surface area contributed by atoms with Crippen molar-refractivity contribution in [3.8, 4) is 0 Å². The largest absolute Gasteiger partial charge is 0.418 e. The number of carbonyl (C=O) groups excluding carboxylic acids is 2. The van der Waals surface area contributed by atoms with E-state index in [1.807, 2.05) is 19.1 Å². The fourth-order valence-electron chi connectivity index (χ4n) is 3.60. The number of hydrogen-bond donors (Lipinski definition) is 2. The Morgan fingerprint density at radius 3 is 2.03 bits per heavy atom. The number of anilines is 2. The second-order valence-electron chi connectivity index (χ2n) is 8.29. The average molecular weight is 521 g/mol. The van der Waals surface area contributed by atoms with Crippen LogP contribution in [0.3, 0.4) is 0 Å². The molecule has 0 aromatic heterocycles. The number of thioether (sulfide) groups is 1. The second kappa shape index (κ2) is 11.3. The lowest BCUT2D eigenvalue weighted by Crippen LogP contribution is -2.21. The van der Waals surface area contributed by atoms with Crippen LogP contribution in [0.5, 0.6) is 0 Å². The van der Waals surface area contributed by atoms with Gasteiger partial charge in [-0.15, -0.1) is 11.8 Å². The van der Waals surface area contributed by atoms with Crippen LogP contribution >= 0.6 is 11.8 Å². The van der Waals surface area contributed by atoms with Gasteiger partial charge in [0.25, 0.3) is 5.91 Å². The van der Waals surface area contributed by atoms with E-state index in [9.17, 15) is 22.8 Å². The normalized spacial score (nSPS) is 12.0. The third-order valence-corrected chi connectivity index (χ3v) is 6.78. The van der Waals surface area contributed by atoms with E-state index >= 15 is 0 Å². The Balaban J connectivity index is 1.52. The highest BCUT2D eigenvalue weighted by molar-refractivity contribution is 8.00. The number of nitrogens with one attached hydrogen (secondary N) is 2. The zero-order valence-electron chi connectivity index (χ0n) is 19.8. The summed E-state index contributed by atoms with van der Waals surface area (Å²) in [4.78, 5) is 26.4. The monoisotopic (exact) mass is 520 g/mol. The van der Waals surface area contributed by atoms with Gasteiger partial charge in [-0.3, -0.25) is 9.59 Å². The predicted molar refractivity (Wildman–Crippen MR) is 141 cm³/mol. The summed E-state index contributed by atoms with van der Waals surface area (Å²) in [7, 11) is 0. The Labute approximate surface area is 216 Å². The van der Waals surface area contributed by atoms with Crippen molar-refractivity contribution in [2.24, 2.45) is 0 Å². The van der Waals surface area contributed by atoms with Crippen molar-refractivity contribution in [2.45, 2.75) is 23.2 Å². The minimum absolute atomic E-state index is 0.245. The Hall–Kier alpha value is -4.04. The molecule has 37 heavy (non-hydrogen) atoms. The average Bonchev–Trinajstić information content (AvgIpc) is 2.88. The standard InChI is InChI=1S/C29H23F3N2O2S/c1-19-11-13-21(14-12-19)27(35)33-22-15-17-23(18-16-22)37-26(20-7-3-2-4-8-20)28(36)34-25-10-6-5-9-24(25)29(30,31)32/h2-18,26H,1H3,(H,33,35)(H,34,36). The minimum Gasteiger partial charge on any atom is -0.324 e. The fourth-order valence-corrected chi connectivity index (χ4v) is 4.62.